The molecule has 0 aliphatic heterocycles. The molecule has 1 atom stereocenters. The van der Waals surface area contributed by atoms with Crippen LogP contribution in [0.4, 0.5) is 5.69 Å². The quantitative estimate of drug-likeness (QED) is 0.333. The van der Waals surface area contributed by atoms with E-state index < -0.39 is 5.97 Å². The summed E-state index contributed by atoms with van der Waals surface area (Å²) in [5.74, 6) is -0.561. The lowest BCUT2D eigenvalue weighted by Gasteiger charge is -2.19. The third-order valence-electron chi connectivity index (χ3n) is 5.72. The van der Waals surface area contributed by atoms with Gasteiger partial charge in [0.15, 0.2) is 5.43 Å². The third-order valence-corrected chi connectivity index (χ3v) is 5.72. The zero-order chi connectivity index (χ0) is 23.1. The van der Waals surface area contributed by atoms with E-state index in [2.05, 4.69) is 15.5 Å². The van der Waals surface area contributed by atoms with Crippen molar-refractivity contribution >= 4 is 33.5 Å². The maximum atomic E-state index is 13.0. The Morgan fingerprint density at radius 3 is 2.76 bits per heavy atom. The predicted octanol–water partition coefficient (Wildman–Crippen LogP) is 5.52. The van der Waals surface area contributed by atoms with Crippen LogP contribution in [0.1, 0.15) is 34.5 Å². The second-order valence-corrected chi connectivity index (χ2v) is 8.09. The first-order chi connectivity index (χ1) is 15.9. The molecule has 3 aromatic carbocycles. The van der Waals surface area contributed by atoms with Crippen LogP contribution >= 0.6 is 0 Å². The molecule has 0 saturated heterocycles. The van der Waals surface area contributed by atoms with Crippen LogP contribution < -0.4 is 10.7 Å². The Kier molecular flexibility index (Phi) is 4.94. The van der Waals surface area contributed by atoms with Gasteiger partial charge in [-0.05, 0) is 43.7 Å². The molecule has 5 aromatic rings. The second-order valence-electron chi connectivity index (χ2n) is 8.09. The number of carbonyl (C=O) groups is 1. The highest BCUT2D eigenvalue weighted by Gasteiger charge is 2.18. The topological polar surface area (TPSA) is 108 Å². The van der Waals surface area contributed by atoms with Crippen molar-refractivity contribution in [2.24, 2.45) is 0 Å². The molecule has 7 heteroatoms. The molecular weight excluding hydrogens is 418 g/mol. The Morgan fingerprint density at radius 2 is 1.94 bits per heavy atom. The molecule has 0 fully saturated rings. The minimum atomic E-state index is -1.01. The molecule has 0 aliphatic rings. The van der Waals surface area contributed by atoms with Gasteiger partial charge >= 0.3 is 5.97 Å². The van der Waals surface area contributed by atoms with Crippen LogP contribution in [0, 0.1) is 6.92 Å². The van der Waals surface area contributed by atoms with E-state index in [0.717, 1.165) is 27.6 Å². The average Bonchev–Trinajstić information content (AvgIpc) is 3.27. The molecule has 0 amide bonds. The number of H-pyrrole nitrogens is 1. The smallest absolute Gasteiger partial charge is 0.337 e. The van der Waals surface area contributed by atoms with Gasteiger partial charge in [-0.15, -0.1) is 0 Å². The number of benzene rings is 3. The van der Waals surface area contributed by atoms with E-state index in [0.29, 0.717) is 22.4 Å². The summed E-state index contributed by atoms with van der Waals surface area (Å²) >= 11 is 0. The molecule has 3 N–H and O–H groups in total. The maximum Gasteiger partial charge on any atom is 0.337 e. The highest BCUT2D eigenvalue weighted by Crippen LogP contribution is 2.32. The molecular formula is C26H21N3O4. The minimum absolute atomic E-state index is 0.140. The van der Waals surface area contributed by atoms with Crippen molar-refractivity contribution < 1.29 is 14.3 Å². The van der Waals surface area contributed by atoms with E-state index >= 15 is 0 Å². The van der Waals surface area contributed by atoms with E-state index in [9.17, 15) is 14.7 Å². The Hall–Kier alpha value is -4.39. The number of nitrogens with one attached hydrogen (secondary N) is 2. The van der Waals surface area contributed by atoms with Crippen LogP contribution in [0.25, 0.3) is 33.2 Å². The van der Waals surface area contributed by atoms with Gasteiger partial charge in [0.25, 0.3) is 0 Å². The standard InChI is InChI=1S/C26H21N3O4/c1-14-9-19(15(2)28-21-6-4-3-5-18(21)26(31)32)25-20(10-14)23(30)12-24(33-25)16-7-8-17-13-27-29-22(17)11-16/h3-13,15,28H,1-2H3,(H,27,29)(H,31,32). The molecule has 2 heterocycles. The summed E-state index contributed by atoms with van der Waals surface area (Å²) in [6, 6.07) is 17.4. The normalized spacial score (nSPS) is 12.2. The lowest BCUT2D eigenvalue weighted by molar-refractivity contribution is 0.0698. The zero-order valence-corrected chi connectivity index (χ0v) is 18.0. The number of aromatic amines is 1. The SMILES string of the molecule is Cc1cc(C(C)Nc2ccccc2C(=O)O)c2oc(-c3ccc4cn[nH]c4c3)cc(=O)c2c1. The van der Waals surface area contributed by atoms with Gasteiger partial charge in [-0.3, -0.25) is 9.89 Å². The number of carboxylic acids is 1. The average molecular weight is 439 g/mol. The predicted molar refractivity (Wildman–Crippen MR) is 128 cm³/mol. The molecule has 0 saturated carbocycles. The molecule has 7 nitrogen and oxygen atoms in total. The number of anilines is 1. The van der Waals surface area contributed by atoms with Crippen molar-refractivity contribution in [2.45, 2.75) is 19.9 Å². The number of carboxylic acid groups (broad SMARTS) is 1. The highest BCUT2D eigenvalue weighted by atomic mass is 16.4. The summed E-state index contributed by atoms with van der Waals surface area (Å²) < 4.78 is 6.29. The maximum absolute atomic E-state index is 13.0. The lowest BCUT2D eigenvalue weighted by atomic mass is 10.00. The number of hydrogen-bond donors (Lipinski definition) is 3. The highest BCUT2D eigenvalue weighted by molar-refractivity contribution is 5.94. The fourth-order valence-electron chi connectivity index (χ4n) is 4.10. The van der Waals surface area contributed by atoms with Gasteiger partial charge in [0.05, 0.1) is 28.7 Å². The molecule has 0 spiro atoms. The van der Waals surface area contributed by atoms with Crippen molar-refractivity contribution in [1.29, 1.82) is 0 Å². The number of nitrogens with zero attached hydrogens (tertiary/aromatic N) is 1. The van der Waals surface area contributed by atoms with Crippen LogP contribution in [-0.4, -0.2) is 21.3 Å². The summed E-state index contributed by atoms with van der Waals surface area (Å²) in [5, 5.41) is 21.2. The van der Waals surface area contributed by atoms with Crippen LogP contribution in [-0.2, 0) is 0 Å². The molecule has 2 aromatic heterocycles. The molecule has 164 valence electrons. The van der Waals surface area contributed by atoms with Crippen molar-refractivity contribution in [1.82, 2.24) is 10.2 Å². The van der Waals surface area contributed by atoms with Gasteiger partial charge in [0.2, 0.25) is 0 Å². The first kappa shape index (κ1) is 20.5. The number of rotatable bonds is 5. The number of aryl methyl sites for hydroxylation is 1. The Balaban J connectivity index is 1.64. The first-order valence-corrected chi connectivity index (χ1v) is 10.5. The summed E-state index contributed by atoms with van der Waals surface area (Å²) in [6.07, 6.45) is 1.73. The van der Waals surface area contributed by atoms with Gasteiger partial charge < -0.3 is 14.8 Å². The summed E-state index contributed by atoms with van der Waals surface area (Å²) in [5.41, 5.74) is 4.29. The van der Waals surface area contributed by atoms with E-state index in [1.54, 1.807) is 30.5 Å². The fourth-order valence-corrected chi connectivity index (χ4v) is 4.10. The Labute approximate surface area is 188 Å². The number of hydrogen-bond acceptors (Lipinski definition) is 5. The molecule has 33 heavy (non-hydrogen) atoms. The van der Waals surface area contributed by atoms with Gasteiger partial charge in [0.1, 0.15) is 11.3 Å². The van der Waals surface area contributed by atoms with E-state index in [-0.39, 0.29) is 17.0 Å². The van der Waals surface area contributed by atoms with E-state index in [4.69, 9.17) is 4.42 Å². The van der Waals surface area contributed by atoms with Gasteiger partial charge in [-0.25, -0.2) is 4.79 Å². The van der Waals surface area contributed by atoms with Gasteiger partial charge in [-0.1, -0.05) is 30.3 Å². The van der Waals surface area contributed by atoms with E-state index in [1.165, 1.54) is 6.07 Å². The molecule has 0 radical (unpaired) electrons. The van der Waals surface area contributed by atoms with Gasteiger partial charge in [0, 0.05) is 28.3 Å². The van der Waals surface area contributed by atoms with Crippen molar-refractivity contribution in [3.63, 3.8) is 0 Å². The zero-order valence-electron chi connectivity index (χ0n) is 18.0. The van der Waals surface area contributed by atoms with Crippen LogP contribution in [0.3, 0.4) is 0 Å². The number of aromatic nitrogens is 2. The van der Waals surface area contributed by atoms with E-state index in [1.807, 2.05) is 44.2 Å². The molecule has 0 aliphatic carbocycles. The van der Waals surface area contributed by atoms with Crippen molar-refractivity contribution in [2.75, 3.05) is 5.32 Å². The van der Waals surface area contributed by atoms with Crippen LogP contribution in [0.15, 0.2) is 76.1 Å². The Morgan fingerprint density at radius 1 is 1.12 bits per heavy atom. The molecule has 5 rings (SSSR count). The second kappa shape index (κ2) is 7.94. The first-order valence-electron chi connectivity index (χ1n) is 10.5. The van der Waals surface area contributed by atoms with Crippen molar-refractivity contribution in [3.05, 3.63) is 93.8 Å². The monoisotopic (exact) mass is 439 g/mol. The van der Waals surface area contributed by atoms with Gasteiger partial charge in [-0.2, -0.15) is 5.10 Å². The Bertz CT molecular complexity index is 1580. The third kappa shape index (κ3) is 3.74. The molecule has 1 unspecified atom stereocenters. The fraction of sp³-hybridized carbons (Fsp3) is 0.115. The lowest BCUT2D eigenvalue weighted by Crippen LogP contribution is -2.12. The minimum Gasteiger partial charge on any atom is -0.478 e. The number of aromatic carboxylic acids is 1. The number of para-hydroxylation sites is 1. The van der Waals surface area contributed by atoms with Crippen molar-refractivity contribution in [3.8, 4) is 11.3 Å². The summed E-state index contributed by atoms with van der Waals surface area (Å²) in [4.78, 5) is 24.7. The van der Waals surface area contributed by atoms with Crippen LogP contribution in [0.2, 0.25) is 0 Å². The number of fused-ring (bicyclic) bond motifs is 2. The summed E-state index contributed by atoms with van der Waals surface area (Å²) in [7, 11) is 0. The van der Waals surface area contributed by atoms with Crippen LogP contribution in [0.5, 0.6) is 0 Å². The molecule has 0 bridgehead atoms. The largest absolute Gasteiger partial charge is 0.478 e. The summed E-state index contributed by atoms with van der Waals surface area (Å²) in [6.45, 7) is 3.83.